The van der Waals surface area contributed by atoms with Crippen LogP contribution >= 0.6 is 0 Å². The van der Waals surface area contributed by atoms with Gasteiger partial charge in [0.2, 0.25) is 0 Å². The number of carbonyl (C=O) groups is 1. The fourth-order valence-electron chi connectivity index (χ4n) is 1.12. The highest BCUT2D eigenvalue weighted by Crippen LogP contribution is 2.25. The highest BCUT2D eigenvalue weighted by atomic mass is 16.4. The molecule has 4 nitrogen and oxygen atoms in total. The average Bonchev–Trinajstić information content (AvgIpc) is 1.98. The van der Waals surface area contributed by atoms with Crippen LogP contribution in [0.2, 0.25) is 0 Å². The second-order valence-corrected chi connectivity index (χ2v) is 2.89. The molecule has 3 N–H and O–H groups in total. The van der Waals surface area contributed by atoms with E-state index in [0.29, 0.717) is 11.1 Å². The van der Waals surface area contributed by atoms with Crippen LogP contribution in [-0.2, 0) is 11.2 Å². The van der Waals surface area contributed by atoms with Crippen molar-refractivity contribution in [3.63, 3.8) is 0 Å². The lowest BCUT2D eigenvalue weighted by Crippen LogP contribution is -2.24. The number of aliphatic carboxylic acids is 1. The second kappa shape index (κ2) is 3.35. The molecule has 0 radical (unpaired) electrons. The Hall–Kier alpha value is -1.71. The molecule has 1 rings (SSSR count). The number of rotatable bonds is 2. The van der Waals surface area contributed by atoms with Gasteiger partial charge in [-0.3, -0.25) is 0 Å². The minimum atomic E-state index is -1.18. The first-order valence-corrected chi connectivity index (χ1v) is 3.78. The van der Waals surface area contributed by atoms with Crippen LogP contribution in [0, 0.1) is 6.92 Å². The number of aromatic hydroxyl groups is 1. The maximum atomic E-state index is 10.3. The van der Waals surface area contributed by atoms with Crippen molar-refractivity contribution in [1.82, 2.24) is 0 Å². The summed E-state index contributed by atoms with van der Waals surface area (Å²) in [5.74, 6) is -1.26. The van der Waals surface area contributed by atoms with Gasteiger partial charge in [-0.05, 0) is 24.1 Å². The third-order valence-corrected chi connectivity index (χ3v) is 1.77. The Morgan fingerprint density at radius 1 is 1.62 bits per heavy atom. The summed E-state index contributed by atoms with van der Waals surface area (Å²) < 4.78 is 0. The highest BCUT2D eigenvalue weighted by molar-refractivity contribution is 5.70. The van der Waals surface area contributed by atoms with Gasteiger partial charge in [0.05, 0.1) is 5.69 Å². The smallest absolute Gasteiger partial charge is 0.139 e. The number of nitrogens with two attached hydrogens (primary N) is 1. The van der Waals surface area contributed by atoms with Crippen LogP contribution in [-0.4, -0.2) is 11.1 Å². The first-order chi connectivity index (χ1) is 6.00. The molecular formula is C9H10NO3-. The summed E-state index contributed by atoms with van der Waals surface area (Å²) in [6.07, 6.45) is -0.214. The number of hydrogen-bond donors (Lipinski definition) is 2. The van der Waals surface area contributed by atoms with Gasteiger partial charge in [-0.1, -0.05) is 6.07 Å². The highest BCUT2D eigenvalue weighted by Gasteiger charge is 2.03. The maximum Gasteiger partial charge on any atom is 0.139 e. The molecular weight excluding hydrogens is 170 g/mol. The Morgan fingerprint density at radius 3 is 2.69 bits per heavy atom. The van der Waals surface area contributed by atoms with Crippen molar-refractivity contribution in [1.29, 1.82) is 0 Å². The van der Waals surface area contributed by atoms with Gasteiger partial charge in [-0.2, -0.15) is 0 Å². The summed E-state index contributed by atoms with van der Waals surface area (Å²) in [5.41, 5.74) is 6.90. The zero-order valence-electron chi connectivity index (χ0n) is 7.20. The van der Waals surface area contributed by atoms with E-state index in [0.717, 1.165) is 0 Å². The van der Waals surface area contributed by atoms with E-state index in [1.165, 1.54) is 6.07 Å². The number of benzene rings is 1. The molecule has 0 aliphatic rings. The molecule has 4 heteroatoms. The predicted octanol–water partition coefficient (Wildman–Crippen LogP) is -0.425. The van der Waals surface area contributed by atoms with Crippen molar-refractivity contribution in [2.45, 2.75) is 13.3 Å². The number of carboxylic acids is 1. The first kappa shape index (κ1) is 9.38. The van der Waals surface area contributed by atoms with Crippen molar-refractivity contribution in [3.8, 4) is 5.75 Å². The topological polar surface area (TPSA) is 86.4 Å². The van der Waals surface area contributed by atoms with E-state index >= 15 is 0 Å². The Bertz CT molecular complexity index is 324. The molecule has 0 aliphatic carbocycles. The molecule has 0 aromatic heterocycles. The zero-order valence-corrected chi connectivity index (χ0v) is 7.20. The van der Waals surface area contributed by atoms with Gasteiger partial charge >= 0.3 is 0 Å². The van der Waals surface area contributed by atoms with Gasteiger partial charge < -0.3 is 20.7 Å². The summed E-state index contributed by atoms with van der Waals surface area (Å²) in [6, 6.07) is 2.95. The zero-order chi connectivity index (χ0) is 10.0. The minimum absolute atomic E-state index is 0.0868. The van der Waals surface area contributed by atoms with E-state index in [1.54, 1.807) is 13.0 Å². The summed E-state index contributed by atoms with van der Waals surface area (Å²) in [7, 11) is 0. The van der Waals surface area contributed by atoms with Crippen LogP contribution in [0.1, 0.15) is 11.1 Å². The van der Waals surface area contributed by atoms with Gasteiger partial charge in [0, 0.05) is 12.4 Å². The van der Waals surface area contributed by atoms with Crippen molar-refractivity contribution < 1.29 is 15.0 Å². The lowest BCUT2D eigenvalue weighted by molar-refractivity contribution is -0.304. The van der Waals surface area contributed by atoms with Gasteiger partial charge in [-0.25, -0.2) is 0 Å². The summed E-state index contributed by atoms with van der Waals surface area (Å²) in [4.78, 5) is 10.3. The number of aryl methyl sites for hydroxylation is 1. The normalized spacial score (nSPS) is 9.92. The standard InChI is InChI=1S/C9H11NO3/c1-5-2-6(4-8(12)13)3-7(11)9(5)10/h2-3,11H,4,10H2,1H3,(H,12,13)/p-1. The van der Waals surface area contributed by atoms with Crippen molar-refractivity contribution in [2.24, 2.45) is 0 Å². The van der Waals surface area contributed by atoms with Crippen LogP contribution < -0.4 is 10.8 Å². The number of phenols is 1. The summed E-state index contributed by atoms with van der Waals surface area (Å²) >= 11 is 0. The largest absolute Gasteiger partial charge is 0.550 e. The number of phenolic OH excluding ortho intramolecular Hbond substituents is 1. The molecule has 0 aliphatic heterocycles. The van der Waals surface area contributed by atoms with E-state index in [-0.39, 0.29) is 17.9 Å². The molecule has 0 amide bonds. The van der Waals surface area contributed by atoms with Gasteiger partial charge in [-0.15, -0.1) is 0 Å². The Labute approximate surface area is 75.6 Å². The number of carbonyl (C=O) groups excluding carboxylic acids is 1. The molecule has 1 aromatic carbocycles. The van der Waals surface area contributed by atoms with Crippen LogP contribution in [0.3, 0.4) is 0 Å². The third kappa shape index (κ3) is 2.11. The number of anilines is 1. The van der Waals surface area contributed by atoms with E-state index in [9.17, 15) is 15.0 Å². The Balaban J connectivity index is 3.06. The van der Waals surface area contributed by atoms with Crippen LogP contribution in [0.15, 0.2) is 12.1 Å². The molecule has 1 aromatic rings. The second-order valence-electron chi connectivity index (χ2n) is 2.89. The van der Waals surface area contributed by atoms with Gasteiger partial charge in [0.1, 0.15) is 5.75 Å². The number of hydrogen-bond acceptors (Lipinski definition) is 4. The molecule has 0 bridgehead atoms. The molecule has 0 heterocycles. The fraction of sp³-hybridized carbons (Fsp3) is 0.222. The molecule has 0 atom stereocenters. The van der Waals surface area contributed by atoms with Gasteiger partial charge in [0.25, 0.3) is 0 Å². The Morgan fingerprint density at radius 2 is 2.23 bits per heavy atom. The molecule has 0 unspecified atom stereocenters. The van der Waals surface area contributed by atoms with E-state index in [2.05, 4.69) is 0 Å². The van der Waals surface area contributed by atoms with E-state index in [4.69, 9.17) is 5.73 Å². The predicted molar refractivity (Wildman–Crippen MR) is 46.0 cm³/mol. The lowest BCUT2D eigenvalue weighted by atomic mass is 10.1. The first-order valence-electron chi connectivity index (χ1n) is 3.78. The van der Waals surface area contributed by atoms with Crippen molar-refractivity contribution in [3.05, 3.63) is 23.3 Å². The van der Waals surface area contributed by atoms with Gasteiger partial charge in [0.15, 0.2) is 0 Å². The molecule has 0 spiro atoms. The number of carboxylic acid groups (broad SMARTS) is 1. The van der Waals surface area contributed by atoms with E-state index < -0.39 is 5.97 Å². The molecule has 70 valence electrons. The van der Waals surface area contributed by atoms with Crippen molar-refractivity contribution in [2.75, 3.05) is 5.73 Å². The van der Waals surface area contributed by atoms with Crippen molar-refractivity contribution >= 4 is 11.7 Å². The molecule has 0 saturated carbocycles. The molecule has 0 fully saturated rings. The summed E-state index contributed by atoms with van der Waals surface area (Å²) in [6.45, 7) is 1.70. The average molecular weight is 180 g/mol. The summed E-state index contributed by atoms with van der Waals surface area (Å²) in [5, 5.41) is 19.5. The fourth-order valence-corrected chi connectivity index (χ4v) is 1.12. The Kier molecular flexibility index (Phi) is 2.41. The SMILES string of the molecule is Cc1cc(CC(=O)[O-])cc(O)c1N. The van der Waals surface area contributed by atoms with Crippen LogP contribution in [0.25, 0.3) is 0 Å². The van der Waals surface area contributed by atoms with E-state index in [1.807, 2.05) is 0 Å². The minimum Gasteiger partial charge on any atom is -0.550 e. The molecule has 13 heavy (non-hydrogen) atoms. The number of nitrogen functional groups attached to an aromatic ring is 1. The van der Waals surface area contributed by atoms with Crippen LogP contribution in [0.5, 0.6) is 5.75 Å². The van der Waals surface area contributed by atoms with Crippen LogP contribution in [0.4, 0.5) is 5.69 Å². The molecule has 0 saturated heterocycles. The lowest BCUT2D eigenvalue weighted by Gasteiger charge is -2.07. The maximum absolute atomic E-state index is 10.3. The quantitative estimate of drug-likeness (QED) is 0.478. The third-order valence-electron chi connectivity index (χ3n) is 1.77. The monoisotopic (exact) mass is 180 g/mol.